The molecule has 0 saturated heterocycles. The van der Waals surface area contributed by atoms with Crippen molar-refractivity contribution in [3.05, 3.63) is 105 Å². The van der Waals surface area contributed by atoms with Gasteiger partial charge in [-0.15, -0.1) is 0 Å². The largest absolute Gasteiger partial charge is 0.298 e. The predicted molar refractivity (Wildman–Crippen MR) is 124 cm³/mol. The molecule has 7 heteroatoms. The van der Waals surface area contributed by atoms with Crippen LogP contribution in [0.3, 0.4) is 0 Å². The maximum Gasteiger partial charge on any atom is 0.271 e. The van der Waals surface area contributed by atoms with Crippen molar-refractivity contribution >= 4 is 28.8 Å². The van der Waals surface area contributed by atoms with E-state index in [1.54, 1.807) is 12.1 Å². The zero-order valence-corrected chi connectivity index (χ0v) is 18.0. The zero-order valence-electron chi connectivity index (χ0n) is 16.5. The van der Waals surface area contributed by atoms with E-state index in [1.807, 2.05) is 72.1 Å². The van der Waals surface area contributed by atoms with Crippen molar-refractivity contribution in [2.75, 3.05) is 0 Å². The van der Waals surface area contributed by atoms with E-state index in [4.69, 9.17) is 33.3 Å². The summed E-state index contributed by atoms with van der Waals surface area (Å²) in [6.07, 6.45) is 1.91. The minimum Gasteiger partial charge on any atom is -0.298 e. The van der Waals surface area contributed by atoms with Gasteiger partial charge in [-0.25, -0.2) is 4.98 Å². The Morgan fingerprint density at radius 1 is 0.871 bits per heavy atom. The lowest BCUT2D eigenvalue weighted by Gasteiger charge is -2.11. The average molecular weight is 447 g/mol. The number of fused-ring (bicyclic) bond motifs is 1. The maximum absolute atomic E-state index is 12.7. The molecule has 5 nitrogen and oxygen atoms in total. The van der Waals surface area contributed by atoms with E-state index >= 15 is 0 Å². The van der Waals surface area contributed by atoms with Crippen LogP contribution < -0.4 is 5.56 Å². The number of hydrogen-bond donors (Lipinski definition) is 0. The molecule has 2 aromatic carbocycles. The molecule has 0 aliphatic heterocycles. The first-order valence-corrected chi connectivity index (χ1v) is 10.4. The van der Waals surface area contributed by atoms with Crippen LogP contribution in [0.1, 0.15) is 5.56 Å². The molecule has 0 fully saturated rings. The van der Waals surface area contributed by atoms with Crippen molar-refractivity contribution in [3.8, 4) is 28.3 Å². The topological polar surface area (TPSA) is 52.2 Å². The quantitative estimate of drug-likeness (QED) is 0.350. The third-order valence-corrected chi connectivity index (χ3v) is 5.94. The smallest absolute Gasteiger partial charge is 0.271 e. The van der Waals surface area contributed by atoms with Gasteiger partial charge in [-0.05, 0) is 42.8 Å². The van der Waals surface area contributed by atoms with Gasteiger partial charge in [-0.2, -0.15) is 9.78 Å². The molecular formula is C24H16Cl2N4O. The molecule has 0 saturated carbocycles. The molecule has 152 valence electrons. The van der Waals surface area contributed by atoms with E-state index in [9.17, 15) is 4.79 Å². The Morgan fingerprint density at radius 2 is 1.68 bits per heavy atom. The second-order valence-electron chi connectivity index (χ2n) is 7.09. The monoisotopic (exact) mass is 446 g/mol. The number of nitrogens with zero attached hydrogens (tertiary/aromatic N) is 4. The molecule has 5 aromatic rings. The van der Waals surface area contributed by atoms with E-state index < -0.39 is 0 Å². The van der Waals surface area contributed by atoms with E-state index in [0.29, 0.717) is 27.0 Å². The highest BCUT2D eigenvalue weighted by atomic mass is 35.5. The fourth-order valence-electron chi connectivity index (χ4n) is 3.63. The van der Waals surface area contributed by atoms with Crippen LogP contribution in [0.2, 0.25) is 10.0 Å². The molecule has 0 spiro atoms. The second-order valence-corrected chi connectivity index (χ2v) is 7.88. The summed E-state index contributed by atoms with van der Waals surface area (Å²) in [4.78, 5) is 17.4. The summed E-state index contributed by atoms with van der Waals surface area (Å²) in [5, 5.41) is 5.56. The highest BCUT2D eigenvalue weighted by Gasteiger charge is 2.21. The van der Waals surface area contributed by atoms with Crippen LogP contribution >= 0.6 is 23.2 Å². The van der Waals surface area contributed by atoms with Crippen LogP contribution in [0.25, 0.3) is 34.0 Å². The van der Waals surface area contributed by atoms with E-state index in [2.05, 4.69) is 0 Å². The Labute approximate surface area is 188 Å². The summed E-state index contributed by atoms with van der Waals surface area (Å²) in [6.45, 7) is 1.95. The number of aromatic nitrogens is 4. The van der Waals surface area contributed by atoms with Gasteiger partial charge in [-0.1, -0.05) is 59.6 Å². The molecule has 3 aromatic heterocycles. The van der Waals surface area contributed by atoms with Crippen LogP contribution in [0, 0.1) is 6.92 Å². The average Bonchev–Trinajstić information content (AvgIpc) is 3.16. The molecule has 0 unspecified atom stereocenters. The summed E-state index contributed by atoms with van der Waals surface area (Å²) in [7, 11) is 0. The van der Waals surface area contributed by atoms with E-state index in [1.165, 1.54) is 10.7 Å². The Morgan fingerprint density at radius 3 is 2.52 bits per heavy atom. The molecule has 0 atom stereocenters. The lowest BCUT2D eigenvalue weighted by Crippen LogP contribution is -2.21. The first-order chi connectivity index (χ1) is 15.0. The lowest BCUT2D eigenvalue weighted by molar-refractivity contribution is 0.804. The number of imidazole rings is 1. The molecule has 3 heterocycles. The van der Waals surface area contributed by atoms with Crippen molar-refractivity contribution < 1.29 is 0 Å². The minimum atomic E-state index is -0.214. The number of aryl methyl sites for hydroxylation is 1. The number of pyridine rings is 1. The molecule has 0 aliphatic rings. The van der Waals surface area contributed by atoms with Crippen molar-refractivity contribution in [2.24, 2.45) is 0 Å². The summed E-state index contributed by atoms with van der Waals surface area (Å²) in [5.41, 5.74) is 4.85. The van der Waals surface area contributed by atoms with Gasteiger partial charge >= 0.3 is 0 Å². The summed E-state index contributed by atoms with van der Waals surface area (Å²) >= 11 is 12.8. The molecule has 0 radical (unpaired) electrons. The van der Waals surface area contributed by atoms with Gasteiger partial charge in [0.1, 0.15) is 22.7 Å². The van der Waals surface area contributed by atoms with Gasteiger partial charge in [0.05, 0.1) is 15.7 Å². The molecular weight excluding hydrogens is 431 g/mol. The Kier molecular flexibility index (Phi) is 4.85. The number of halogens is 2. The van der Waals surface area contributed by atoms with Crippen LogP contribution in [0.15, 0.2) is 83.8 Å². The zero-order chi connectivity index (χ0) is 21.5. The van der Waals surface area contributed by atoms with Gasteiger partial charge in [0.15, 0.2) is 0 Å². The lowest BCUT2D eigenvalue weighted by atomic mass is 10.1. The highest BCUT2D eigenvalue weighted by molar-refractivity contribution is 6.43. The van der Waals surface area contributed by atoms with Gasteiger partial charge in [0, 0.05) is 17.8 Å². The first-order valence-electron chi connectivity index (χ1n) is 9.63. The molecule has 31 heavy (non-hydrogen) atoms. The predicted octanol–water partition coefficient (Wildman–Crippen LogP) is 5.83. The molecule has 0 bridgehead atoms. The minimum absolute atomic E-state index is 0.214. The van der Waals surface area contributed by atoms with Crippen molar-refractivity contribution in [1.29, 1.82) is 0 Å². The van der Waals surface area contributed by atoms with Gasteiger partial charge in [-0.3, -0.25) is 9.20 Å². The third kappa shape index (κ3) is 3.32. The van der Waals surface area contributed by atoms with Gasteiger partial charge in [0.2, 0.25) is 0 Å². The molecule has 5 rings (SSSR count). The summed E-state index contributed by atoms with van der Waals surface area (Å²) in [5.74, 6) is 0. The second kappa shape index (κ2) is 7.69. The first kappa shape index (κ1) is 19.5. The number of benzene rings is 2. The van der Waals surface area contributed by atoms with Crippen LogP contribution in [-0.4, -0.2) is 19.2 Å². The van der Waals surface area contributed by atoms with E-state index in [-0.39, 0.29) is 5.56 Å². The van der Waals surface area contributed by atoms with Crippen LogP contribution in [0.4, 0.5) is 0 Å². The van der Waals surface area contributed by atoms with Crippen LogP contribution in [0.5, 0.6) is 0 Å². The fraction of sp³-hybridized carbons (Fsp3) is 0.0417. The highest BCUT2D eigenvalue weighted by Crippen LogP contribution is 2.38. The van der Waals surface area contributed by atoms with Crippen molar-refractivity contribution in [3.63, 3.8) is 0 Å². The fourth-order valence-corrected chi connectivity index (χ4v) is 4.02. The van der Waals surface area contributed by atoms with Crippen molar-refractivity contribution in [2.45, 2.75) is 6.92 Å². The Hall–Kier alpha value is -3.41. The number of para-hydroxylation sites is 1. The summed E-state index contributed by atoms with van der Waals surface area (Å²) in [6, 6.07) is 22.0. The Bertz CT molecular complexity index is 1500. The SMILES string of the molecule is Cc1ccccc1-n1nc(-c2c(-c3cccc(Cl)c3Cl)nc3ccccn23)ccc1=O. The molecule has 0 aliphatic carbocycles. The Balaban J connectivity index is 1.82. The molecule has 0 N–H and O–H groups in total. The van der Waals surface area contributed by atoms with E-state index in [0.717, 1.165) is 22.6 Å². The number of hydrogen-bond acceptors (Lipinski definition) is 3. The summed E-state index contributed by atoms with van der Waals surface area (Å²) < 4.78 is 3.35. The number of rotatable bonds is 3. The van der Waals surface area contributed by atoms with Crippen molar-refractivity contribution in [1.82, 2.24) is 19.2 Å². The van der Waals surface area contributed by atoms with Crippen LogP contribution in [-0.2, 0) is 0 Å². The third-order valence-electron chi connectivity index (χ3n) is 5.12. The van der Waals surface area contributed by atoms with Gasteiger partial charge in [0.25, 0.3) is 5.56 Å². The normalized spacial score (nSPS) is 11.2. The molecule has 0 amide bonds. The maximum atomic E-state index is 12.7. The standard InChI is InChI=1S/C24H16Cl2N4O/c1-15-7-2-3-10-19(15)30-21(31)13-12-18(28-30)24-23(16-8-6-9-17(25)22(16)26)27-20-11-4-5-14-29(20)24/h2-14H,1H3. The van der Waals surface area contributed by atoms with Gasteiger partial charge < -0.3 is 0 Å².